The number of benzene rings is 1. The minimum absolute atomic E-state index is 0.303. The lowest BCUT2D eigenvalue weighted by Crippen LogP contribution is -2.24. The minimum atomic E-state index is -0.303. The number of hydrogen-bond acceptors (Lipinski definition) is 2. The number of aliphatic hydroxyl groups excluding tert-OH is 1. The molecule has 1 atom stereocenters. The van der Waals surface area contributed by atoms with Gasteiger partial charge in [0.1, 0.15) is 0 Å². The van der Waals surface area contributed by atoms with Gasteiger partial charge in [0, 0.05) is 18.1 Å². The first-order chi connectivity index (χ1) is 6.59. The van der Waals surface area contributed by atoms with E-state index in [-0.39, 0.29) is 6.10 Å². The number of nitrogens with one attached hydrogen (secondary N) is 1. The Balaban J connectivity index is 2.51. The highest BCUT2D eigenvalue weighted by molar-refractivity contribution is 6.30. The van der Waals surface area contributed by atoms with Gasteiger partial charge in [-0.25, -0.2) is 0 Å². The van der Waals surface area contributed by atoms with Crippen molar-refractivity contribution in [2.75, 3.05) is 6.54 Å². The molecule has 2 N–H and O–H groups in total. The third kappa shape index (κ3) is 3.66. The normalized spacial score (nSPS) is 12.9. The number of rotatable bonds is 4. The molecule has 0 heterocycles. The third-order valence-electron chi connectivity index (χ3n) is 2.06. The summed E-state index contributed by atoms with van der Waals surface area (Å²) in [6.07, 6.45) is -0.303. The molecule has 1 unspecified atom stereocenters. The summed E-state index contributed by atoms with van der Waals surface area (Å²) in [5, 5.41) is 13.0. The van der Waals surface area contributed by atoms with Crippen LogP contribution in [0.15, 0.2) is 18.2 Å². The van der Waals surface area contributed by atoms with Crippen molar-refractivity contribution >= 4 is 11.6 Å². The molecule has 0 aliphatic rings. The smallest absolute Gasteiger partial charge is 0.0636 e. The Hall–Kier alpha value is -0.570. The van der Waals surface area contributed by atoms with Gasteiger partial charge in [-0.05, 0) is 37.1 Å². The van der Waals surface area contributed by atoms with Crippen LogP contribution in [0.4, 0.5) is 0 Å². The Bertz CT molecular complexity index is 299. The minimum Gasteiger partial charge on any atom is -0.392 e. The Labute approximate surface area is 89.9 Å². The molecule has 0 aliphatic carbocycles. The van der Waals surface area contributed by atoms with E-state index in [2.05, 4.69) is 5.32 Å². The lowest BCUT2D eigenvalue weighted by molar-refractivity contribution is 0.191. The van der Waals surface area contributed by atoms with E-state index in [4.69, 9.17) is 16.7 Å². The van der Waals surface area contributed by atoms with Crippen molar-refractivity contribution in [3.05, 3.63) is 34.3 Å². The van der Waals surface area contributed by atoms with Crippen LogP contribution in [0.1, 0.15) is 18.1 Å². The van der Waals surface area contributed by atoms with Gasteiger partial charge < -0.3 is 10.4 Å². The zero-order valence-electron chi connectivity index (χ0n) is 8.55. The predicted molar refractivity (Wildman–Crippen MR) is 59.6 cm³/mol. The molecule has 0 aliphatic heterocycles. The van der Waals surface area contributed by atoms with Crippen LogP contribution in [0.3, 0.4) is 0 Å². The molecule has 2 nitrogen and oxygen atoms in total. The Morgan fingerprint density at radius 2 is 2.21 bits per heavy atom. The summed E-state index contributed by atoms with van der Waals surface area (Å²) in [4.78, 5) is 0. The second kappa shape index (κ2) is 5.35. The summed E-state index contributed by atoms with van der Waals surface area (Å²) >= 11 is 5.84. The third-order valence-corrected chi connectivity index (χ3v) is 2.29. The Morgan fingerprint density at radius 3 is 2.79 bits per heavy atom. The molecule has 1 aromatic rings. The number of halogens is 1. The monoisotopic (exact) mass is 213 g/mol. The van der Waals surface area contributed by atoms with Crippen LogP contribution >= 0.6 is 11.6 Å². The first-order valence-corrected chi connectivity index (χ1v) is 5.11. The topological polar surface area (TPSA) is 32.3 Å². The van der Waals surface area contributed by atoms with Crippen LogP contribution < -0.4 is 5.32 Å². The molecule has 3 heteroatoms. The molecule has 78 valence electrons. The van der Waals surface area contributed by atoms with E-state index >= 15 is 0 Å². The second-order valence-corrected chi connectivity index (χ2v) is 3.99. The maximum atomic E-state index is 9.06. The second-order valence-electron chi connectivity index (χ2n) is 3.55. The molecule has 0 saturated carbocycles. The molecular formula is C11H16ClNO. The van der Waals surface area contributed by atoms with E-state index in [0.29, 0.717) is 6.54 Å². The van der Waals surface area contributed by atoms with Gasteiger partial charge in [0.15, 0.2) is 0 Å². The van der Waals surface area contributed by atoms with Crippen molar-refractivity contribution in [1.82, 2.24) is 5.32 Å². The van der Waals surface area contributed by atoms with Gasteiger partial charge in [0.25, 0.3) is 0 Å². The summed E-state index contributed by atoms with van der Waals surface area (Å²) in [6.45, 7) is 5.18. The van der Waals surface area contributed by atoms with Gasteiger partial charge in [0.2, 0.25) is 0 Å². The summed E-state index contributed by atoms with van der Waals surface area (Å²) in [6, 6.07) is 5.83. The van der Waals surface area contributed by atoms with Gasteiger partial charge in [-0.3, -0.25) is 0 Å². The summed E-state index contributed by atoms with van der Waals surface area (Å²) in [5.41, 5.74) is 2.39. The largest absolute Gasteiger partial charge is 0.392 e. The van der Waals surface area contributed by atoms with E-state index < -0.39 is 0 Å². The fourth-order valence-electron chi connectivity index (χ4n) is 1.27. The van der Waals surface area contributed by atoms with Gasteiger partial charge in [-0.2, -0.15) is 0 Å². The van der Waals surface area contributed by atoms with Crippen LogP contribution in [0.5, 0.6) is 0 Å². The van der Waals surface area contributed by atoms with Gasteiger partial charge in [-0.15, -0.1) is 0 Å². The summed E-state index contributed by atoms with van der Waals surface area (Å²) in [7, 11) is 0. The van der Waals surface area contributed by atoms with Crippen LogP contribution in [-0.4, -0.2) is 17.8 Å². The standard InChI is InChI=1S/C11H16ClNO/c1-8-5-11(12)4-3-10(8)7-13-6-9(2)14/h3-5,9,13-14H,6-7H2,1-2H3. The highest BCUT2D eigenvalue weighted by Gasteiger charge is 1.99. The SMILES string of the molecule is Cc1cc(Cl)ccc1CNCC(C)O. The summed E-state index contributed by atoms with van der Waals surface area (Å²) in [5.74, 6) is 0. The average molecular weight is 214 g/mol. The lowest BCUT2D eigenvalue weighted by Gasteiger charge is -2.09. The fraction of sp³-hybridized carbons (Fsp3) is 0.455. The zero-order valence-corrected chi connectivity index (χ0v) is 9.30. The molecule has 14 heavy (non-hydrogen) atoms. The van der Waals surface area contributed by atoms with E-state index in [0.717, 1.165) is 11.6 Å². The predicted octanol–water partition coefficient (Wildman–Crippen LogP) is 2.12. The first-order valence-electron chi connectivity index (χ1n) is 4.73. The highest BCUT2D eigenvalue weighted by Crippen LogP contribution is 2.14. The zero-order chi connectivity index (χ0) is 10.6. The number of hydrogen-bond donors (Lipinski definition) is 2. The highest BCUT2D eigenvalue weighted by atomic mass is 35.5. The van der Waals surface area contributed by atoms with Gasteiger partial charge in [-0.1, -0.05) is 17.7 Å². The fourth-order valence-corrected chi connectivity index (χ4v) is 1.50. The molecular weight excluding hydrogens is 198 g/mol. The van der Waals surface area contributed by atoms with Crippen molar-refractivity contribution < 1.29 is 5.11 Å². The van der Waals surface area contributed by atoms with Crippen molar-refractivity contribution in [3.8, 4) is 0 Å². The maximum Gasteiger partial charge on any atom is 0.0636 e. The van der Waals surface area contributed by atoms with Crippen LogP contribution in [0.25, 0.3) is 0 Å². The molecule has 0 aromatic heterocycles. The number of aliphatic hydroxyl groups is 1. The van der Waals surface area contributed by atoms with Crippen molar-refractivity contribution in [2.24, 2.45) is 0 Å². The number of aryl methyl sites for hydroxylation is 1. The molecule has 0 fully saturated rings. The summed E-state index contributed by atoms with van der Waals surface area (Å²) < 4.78 is 0. The first kappa shape index (κ1) is 11.5. The average Bonchev–Trinajstić information content (AvgIpc) is 2.08. The van der Waals surface area contributed by atoms with Crippen molar-refractivity contribution in [3.63, 3.8) is 0 Å². The van der Waals surface area contributed by atoms with E-state index in [1.807, 2.05) is 25.1 Å². The molecule has 0 bridgehead atoms. The van der Waals surface area contributed by atoms with Crippen LogP contribution in [0, 0.1) is 6.92 Å². The Kier molecular flexibility index (Phi) is 4.39. The van der Waals surface area contributed by atoms with E-state index in [1.165, 1.54) is 11.1 Å². The Morgan fingerprint density at radius 1 is 1.50 bits per heavy atom. The van der Waals surface area contributed by atoms with Gasteiger partial charge in [0.05, 0.1) is 6.10 Å². The molecule has 1 rings (SSSR count). The molecule has 0 spiro atoms. The van der Waals surface area contributed by atoms with Crippen molar-refractivity contribution in [2.45, 2.75) is 26.5 Å². The van der Waals surface area contributed by atoms with Crippen molar-refractivity contribution in [1.29, 1.82) is 0 Å². The lowest BCUT2D eigenvalue weighted by atomic mass is 10.1. The van der Waals surface area contributed by atoms with Crippen LogP contribution in [0.2, 0.25) is 5.02 Å². The van der Waals surface area contributed by atoms with E-state index in [9.17, 15) is 0 Å². The molecule has 0 saturated heterocycles. The molecule has 0 radical (unpaired) electrons. The maximum absolute atomic E-state index is 9.06. The van der Waals surface area contributed by atoms with Gasteiger partial charge >= 0.3 is 0 Å². The molecule has 0 amide bonds. The molecule has 1 aromatic carbocycles. The quantitative estimate of drug-likeness (QED) is 0.803. The van der Waals surface area contributed by atoms with E-state index in [1.54, 1.807) is 6.92 Å². The van der Waals surface area contributed by atoms with Crippen LogP contribution in [-0.2, 0) is 6.54 Å².